The number of aliphatic hydroxyl groups excluding tert-OH is 3. The SMILES string of the molecule is COc1c(-c2cc(O)c(O)c(O[C@@H]3OC[C@@H](O)[C@H](O)[C@@H]3O)c2)oc2cc(O)cc(O)c2c1=O. The third-order valence-electron chi connectivity index (χ3n) is 5.14. The second-order valence-electron chi connectivity index (χ2n) is 7.34. The maximum Gasteiger partial charge on any atom is 0.239 e. The van der Waals surface area contributed by atoms with Gasteiger partial charge in [0.2, 0.25) is 23.2 Å². The van der Waals surface area contributed by atoms with Crippen LogP contribution in [0.3, 0.4) is 0 Å². The third kappa shape index (κ3) is 3.85. The fourth-order valence-corrected chi connectivity index (χ4v) is 3.47. The fraction of sp³-hybridized carbons (Fsp3) is 0.286. The lowest BCUT2D eigenvalue weighted by atomic mass is 10.1. The van der Waals surface area contributed by atoms with Gasteiger partial charge in [0.1, 0.15) is 40.8 Å². The van der Waals surface area contributed by atoms with Crippen molar-refractivity contribution in [2.75, 3.05) is 13.7 Å². The van der Waals surface area contributed by atoms with E-state index in [1.807, 2.05) is 0 Å². The van der Waals surface area contributed by atoms with Crippen molar-refractivity contribution < 1.29 is 54.4 Å². The predicted molar refractivity (Wildman–Crippen MR) is 110 cm³/mol. The Hall–Kier alpha value is -3.71. The van der Waals surface area contributed by atoms with E-state index in [0.717, 1.165) is 24.3 Å². The molecule has 0 spiro atoms. The summed E-state index contributed by atoms with van der Waals surface area (Å²) in [4.78, 5) is 12.9. The first-order chi connectivity index (χ1) is 15.6. The molecule has 0 radical (unpaired) electrons. The number of rotatable bonds is 4. The van der Waals surface area contributed by atoms with Gasteiger partial charge in [-0.05, 0) is 12.1 Å². The first-order valence-corrected chi connectivity index (χ1v) is 9.58. The summed E-state index contributed by atoms with van der Waals surface area (Å²) in [5.74, 6) is -3.36. The van der Waals surface area contributed by atoms with Gasteiger partial charge in [-0.2, -0.15) is 0 Å². The molecule has 2 heterocycles. The highest BCUT2D eigenvalue weighted by molar-refractivity contribution is 5.88. The van der Waals surface area contributed by atoms with E-state index >= 15 is 0 Å². The van der Waals surface area contributed by atoms with Crippen molar-refractivity contribution in [3.63, 3.8) is 0 Å². The summed E-state index contributed by atoms with van der Waals surface area (Å²) >= 11 is 0. The van der Waals surface area contributed by atoms with Gasteiger partial charge in [0.15, 0.2) is 17.3 Å². The highest BCUT2D eigenvalue weighted by atomic mass is 16.7. The maximum atomic E-state index is 12.9. The van der Waals surface area contributed by atoms with E-state index in [2.05, 4.69) is 0 Å². The van der Waals surface area contributed by atoms with Crippen LogP contribution in [0.2, 0.25) is 0 Å². The van der Waals surface area contributed by atoms with E-state index in [-0.39, 0.29) is 40.4 Å². The molecule has 0 bridgehead atoms. The lowest BCUT2D eigenvalue weighted by molar-refractivity contribution is -0.242. The fourth-order valence-electron chi connectivity index (χ4n) is 3.47. The minimum Gasteiger partial charge on any atom is -0.508 e. The van der Waals surface area contributed by atoms with Crippen LogP contribution < -0.4 is 14.9 Å². The predicted octanol–water partition coefficient (Wildman–Crippen LogP) is 0.109. The quantitative estimate of drug-likeness (QED) is 0.257. The van der Waals surface area contributed by atoms with Crippen LogP contribution in [0.1, 0.15) is 0 Å². The molecule has 4 rings (SSSR count). The molecule has 0 saturated carbocycles. The minimum atomic E-state index is -1.68. The molecule has 1 fully saturated rings. The van der Waals surface area contributed by atoms with Gasteiger partial charge in [-0.1, -0.05) is 0 Å². The number of phenolic OH excluding ortho intramolecular Hbond substituents is 4. The van der Waals surface area contributed by atoms with Gasteiger partial charge >= 0.3 is 0 Å². The van der Waals surface area contributed by atoms with Crippen molar-refractivity contribution in [2.45, 2.75) is 24.6 Å². The summed E-state index contributed by atoms with van der Waals surface area (Å²) in [6, 6.07) is 4.22. The molecule has 7 N–H and O–H groups in total. The summed E-state index contributed by atoms with van der Waals surface area (Å²) in [7, 11) is 1.18. The Morgan fingerprint density at radius 1 is 0.970 bits per heavy atom. The monoisotopic (exact) mass is 464 g/mol. The zero-order valence-electron chi connectivity index (χ0n) is 17.0. The van der Waals surface area contributed by atoms with Crippen LogP contribution in [-0.4, -0.2) is 74.1 Å². The summed E-state index contributed by atoms with van der Waals surface area (Å²) in [5.41, 5.74) is -0.985. The Balaban J connectivity index is 1.84. The average Bonchev–Trinajstić information content (AvgIpc) is 2.76. The van der Waals surface area contributed by atoms with Crippen molar-refractivity contribution in [3.05, 3.63) is 34.5 Å². The van der Waals surface area contributed by atoms with Gasteiger partial charge < -0.3 is 54.4 Å². The molecule has 1 aliphatic rings. The molecule has 0 unspecified atom stereocenters. The van der Waals surface area contributed by atoms with E-state index in [0.29, 0.717) is 0 Å². The normalized spacial score (nSPS) is 22.9. The molecule has 1 saturated heterocycles. The summed E-state index contributed by atoms with van der Waals surface area (Å²) in [6.45, 7) is -0.365. The third-order valence-corrected chi connectivity index (χ3v) is 5.14. The highest BCUT2D eigenvalue weighted by Crippen LogP contribution is 2.43. The number of ether oxygens (including phenoxy) is 3. The number of hydrogen-bond donors (Lipinski definition) is 7. The number of benzene rings is 2. The molecule has 3 aromatic rings. The summed E-state index contributed by atoms with van der Waals surface area (Å²) in [6.07, 6.45) is -6.12. The Morgan fingerprint density at radius 3 is 2.39 bits per heavy atom. The maximum absolute atomic E-state index is 12.9. The van der Waals surface area contributed by atoms with Crippen LogP contribution in [0.15, 0.2) is 33.5 Å². The van der Waals surface area contributed by atoms with Crippen LogP contribution in [-0.2, 0) is 4.74 Å². The van der Waals surface area contributed by atoms with Crippen molar-refractivity contribution in [1.29, 1.82) is 0 Å². The smallest absolute Gasteiger partial charge is 0.239 e. The largest absolute Gasteiger partial charge is 0.508 e. The average molecular weight is 464 g/mol. The van der Waals surface area contributed by atoms with Crippen molar-refractivity contribution in [3.8, 4) is 45.8 Å². The van der Waals surface area contributed by atoms with Crippen LogP contribution in [0.4, 0.5) is 0 Å². The standard InChI is InChI=1S/C21H20O12/c1-30-20-17(28)14-9(23)4-8(22)5-12(14)32-19(20)7-2-10(24)15(26)13(3-7)33-21-18(29)16(27)11(25)6-31-21/h2-5,11,16,18,21-27,29H,6H2,1H3/t11-,16+,18+,21+/m1/s1. The first-order valence-electron chi connectivity index (χ1n) is 9.58. The molecular weight excluding hydrogens is 444 g/mol. The van der Waals surface area contributed by atoms with Crippen LogP contribution >= 0.6 is 0 Å². The van der Waals surface area contributed by atoms with Crippen molar-refractivity contribution >= 4 is 11.0 Å². The van der Waals surface area contributed by atoms with Crippen molar-refractivity contribution in [2.24, 2.45) is 0 Å². The molecular formula is C21H20O12. The second kappa shape index (κ2) is 8.33. The molecule has 4 atom stereocenters. The molecule has 12 nitrogen and oxygen atoms in total. The van der Waals surface area contributed by atoms with E-state index < -0.39 is 53.0 Å². The van der Waals surface area contributed by atoms with Gasteiger partial charge in [0.05, 0.1) is 13.7 Å². The van der Waals surface area contributed by atoms with E-state index in [1.54, 1.807) is 0 Å². The topological polar surface area (TPSA) is 200 Å². The number of methoxy groups -OCH3 is 1. The summed E-state index contributed by atoms with van der Waals surface area (Å²) < 4.78 is 21.3. The Morgan fingerprint density at radius 2 is 1.70 bits per heavy atom. The van der Waals surface area contributed by atoms with Gasteiger partial charge in [-0.3, -0.25) is 4.79 Å². The number of fused-ring (bicyclic) bond motifs is 1. The van der Waals surface area contributed by atoms with E-state index in [1.165, 1.54) is 7.11 Å². The van der Waals surface area contributed by atoms with E-state index in [4.69, 9.17) is 18.6 Å². The minimum absolute atomic E-state index is 0.0233. The number of aliphatic hydroxyl groups is 3. The number of hydrogen-bond acceptors (Lipinski definition) is 12. The molecule has 0 amide bonds. The molecule has 0 aliphatic carbocycles. The molecule has 176 valence electrons. The number of phenols is 4. The van der Waals surface area contributed by atoms with Crippen LogP contribution in [0, 0.1) is 0 Å². The molecule has 1 aromatic heterocycles. The molecule has 1 aliphatic heterocycles. The molecule has 2 aromatic carbocycles. The second-order valence-corrected chi connectivity index (χ2v) is 7.34. The van der Waals surface area contributed by atoms with Crippen molar-refractivity contribution in [1.82, 2.24) is 0 Å². The Labute approximate surface area is 184 Å². The van der Waals surface area contributed by atoms with Gasteiger partial charge in [-0.25, -0.2) is 0 Å². The van der Waals surface area contributed by atoms with Gasteiger partial charge in [0.25, 0.3) is 0 Å². The van der Waals surface area contributed by atoms with Crippen LogP contribution in [0.5, 0.6) is 34.5 Å². The summed E-state index contributed by atoms with van der Waals surface area (Å²) in [5, 5.41) is 69.4. The molecule has 33 heavy (non-hydrogen) atoms. The molecule has 12 heteroatoms. The zero-order chi connectivity index (χ0) is 24.0. The Bertz CT molecular complexity index is 1270. The van der Waals surface area contributed by atoms with E-state index in [9.17, 15) is 40.5 Å². The van der Waals surface area contributed by atoms with Gasteiger partial charge in [0, 0.05) is 17.7 Å². The van der Waals surface area contributed by atoms with Gasteiger partial charge in [-0.15, -0.1) is 0 Å². The lowest BCUT2D eigenvalue weighted by Crippen LogP contribution is -2.54. The zero-order valence-corrected chi connectivity index (χ0v) is 17.0. The number of aromatic hydroxyl groups is 4. The highest BCUT2D eigenvalue weighted by Gasteiger charge is 2.39. The Kier molecular flexibility index (Phi) is 5.68. The lowest BCUT2D eigenvalue weighted by Gasteiger charge is -2.35. The first kappa shape index (κ1) is 22.5. The van der Waals surface area contributed by atoms with Crippen LogP contribution in [0.25, 0.3) is 22.3 Å².